The number of hydrogen-bond acceptors (Lipinski definition) is 3. The summed E-state index contributed by atoms with van der Waals surface area (Å²) >= 11 is 1.80. The molecule has 1 heterocycles. The Labute approximate surface area is 95.2 Å². The van der Waals surface area contributed by atoms with Crippen LogP contribution in [0.5, 0.6) is 0 Å². The first-order chi connectivity index (χ1) is 7.31. The summed E-state index contributed by atoms with van der Waals surface area (Å²) in [6.07, 6.45) is 6.76. The smallest absolute Gasteiger partial charge is 0.0544 e. The zero-order chi connectivity index (χ0) is 10.7. The number of aryl methyl sites for hydroxylation is 1. The summed E-state index contributed by atoms with van der Waals surface area (Å²) in [5.74, 6) is 0. The van der Waals surface area contributed by atoms with Crippen molar-refractivity contribution in [2.75, 3.05) is 6.54 Å². The lowest BCUT2D eigenvalue weighted by atomic mass is 10.1. The first kappa shape index (κ1) is 10.9. The molecule has 3 N–H and O–H groups in total. The maximum Gasteiger partial charge on any atom is 0.0544 e. The highest BCUT2D eigenvalue weighted by molar-refractivity contribution is 7.10. The molecule has 2 rings (SSSR count). The molecule has 15 heavy (non-hydrogen) atoms. The lowest BCUT2D eigenvalue weighted by molar-refractivity contribution is 0.457. The molecule has 3 heteroatoms. The average Bonchev–Trinajstić information content (AvgIpc) is 2.85. The van der Waals surface area contributed by atoms with E-state index in [0.29, 0.717) is 18.6 Å². The van der Waals surface area contributed by atoms with Crippen LogP contribution < -0.4 is 11.1 Å². The Bertz CT molecular complexity index is 335. The van der Waals surface area contributed by atoms with Crippen molar-refractivity contribution in [3.63, 3.8) is 0 Å². The summed E-state index contributed by atoms with van der Waals surface area (Å²) in [7, 11) is 0. The minimum absolute atomic E-state index is 0.329. The van der Waals surface area contributed by atoms with Gasteiger partial charge in [-0.05, 0) is 36.8 Å². The van der Waals surface area contributed by atoms with Crippen molar-refractivity contribution in [2.24, 2.45) is 5.73 Å². The van der Waals surface area contributed by atoms with E-state index in [4.69, 9.17) is 5.73 Å². The second-order valence-electron chi connectivity index (χ2n) is 4.06. The first-order valence-electron chi connectivity index (χ1n) is 5.46. The maximum absolute atomic E-state index is 5.83. The molecule has 0 saturated heterocycles. The number of nitrogens with two attached hydrogens (primary N) is 1. The van der Waals surface area contributed by atoms with Gasteiger partial charge in [0.05, 0.1) is 6.04 Å². The van der Waals surface area contributed by atoms with Gasteiger partial charge in [-0.3, -0.25) is 0 Å². The molecule has 0 radical (unpaired) electrons. The fourth-order valence-corrected chi connectivity index (χ4v) is 3.03. The van der Waals surface area contributed by atoms with Crippen LogP contribution >= 0.6 is 11.3 Å². The topological polar surface area (TPSA) is 38.0 Å². The van der Waals surface area contributed by atoms with Crippen LogP contribution in [-0.2, 0) is 0 Å². The summed E-state index contributed by atoms with van der Waals surface area (Å²) in [5.41, 5.74) is 7.19. The zero-order valence-corrected chi connectivity index (χ0v) is 9.89. The highest BCUT2D eigenvalue weighted by atomic mass is 32.1. The molecule has 1 aromatic heterocycles. The Morgan fingerprint density at radius 1 is 1.53 bits per heavy atom. The van der Waals surface area contributed by atoms with Gasteiger partial charge in [0.25, 0.3) is 0 Å². The molecule has 0 spiro atoms. The standard InChI is InChI=1S/C12H18N2S/c1-9-6-7-15-12(9)11(8-13)14-10-4-2-3-5-10/h2-3,6-7,10-11,14H,4-5,8,13H2,1H3. The molecule has 0 saturated carbocycles. The SMILES string of the molecule is Cc1ccsc1C(CN)NC1CC=CC1. The molecule has 1 aromatic rings. The molecule has 2 nitrogen and oxygen atoms in total. The zero-order valence-electron chi connectivity index (χ0n) is 9.07. The van der Waals surface area contributed by atoms with Gasteiger partial charge in [0.15, 0.2) is 0 Å². The van der Waals surface area contributed by atoms with E-state index in [-0.39, 0.29) is 0 Å². The Balaban J connectivity index is 2.01. The van der Waals surface area contributed by atoms with Crippen LogP contribution in [0.15, 0.2) is 23.6 Å². The van der Waals surface area contributed by atoms with Crippen LogP contribution in [0, 0.1) is 6.92 Å². The maximum atomic E-state index is 5.83. The first-order valence-corrected chi connectivity index (χ1v) is 6.34. The van der Waals surface area contributed by atoms with Gasteiger partial charge in [-0.2, -0.15) is 0 Å². The molecule has 1 aliphatic rings. The lowest BCUT2D eigenvalue weighted by Gasteiger charge is -2.21. The Morgan fingerprint density at radius 2 is 2.27 bits per heavy atom. The Morgan fingerprint density at radius 3 is 2.80 bits per heavy atom. The Kier molecular flexibility index (Phi) is 3.57. The third-order valence-corrected chi connectivity index (χ3v) is 4.03. The van der Waals surface area contributed by atoms with E-state index in [1.165, 1.54) is 10.4 Å². The second kappa shape index (κ2) is 4.92. The minimum atomic E-state index is 0.329. The summed E-state index contributed by atoms with van der Waals surface area (Å²) in [6, 6.07) is 3.08. The predicted octanol–water partition coefficient (Wildman–Crippen LogP) is 2.36. The van der Waals surface area contributed by atoms with Crippen molar-refractivity contribution in [3.8, 4) is 0 Å². The average molecular weight is 222 g/mol. The van der Waals surface area contributed by atoms with Crippen molar-refractivity contribution < 1.29 is 0 Å². The van der Waals surface area contributed by atoms with Crippen molar-refractivity contribution in [1.82, 2.24) is 5.32 Å². The summed E-state index contributed by atoms with van der Waals surface area (Å²) in [6.45, 7) is 2.83. The van der Waals surface area contributed by atoms with Crippen LogP contribution in [-0.4, -0.2) is 12.6 Å². The summed E-state index contributed by atoms with van der Waals surface area (Å²) in [4.78, 5) is 1.39. The van der Waals surface area contributed by atoms with Gasteiger partial charge in [-0.25, -0.2) is 0 Å². The number of nitrogens with one attached hydrogen (secondary N) is 1. The van der Waals surface area contributed by atoms with Gasteiger partial charge in [-0.1, -0.05) is 12.2 Å². The van der Waals surface area contributed by atoms with E-state index < -0.39 is 0 Å². The number of rotatable bonds is 4. The van der Waals surface area contributed by atoms with Crippen LogP contribution in [0.25, 0.3) is 0 Å². The van der Waals surface area contributed by atoms with E-state index in [1.807, 2.05) is 0 Å². The molecule has 82 valence electrons. The second-order valence-corrected chi connectivity index (χ2v) is 5.01. The molecule has 0 fully saturated rings. The van der Waals surface area contributed by atoms with Gasteiger partial charge in [0.1, 0.15) is 0 Å². The fourth-order valence-electron chi connectivity index (χ4n) is 2.03. The fraction of sp³-hybridized carbons (Fsp3) is 0.500. The highest BCUT2D eigenvalue weighted by Gasteiger charge is 2.18. The lowest BCUT2D eigenvalue weighted by Crippen LogP contribution is -2.35. The molecular formula is C12H18N2S. The quantitative estimate of drug-likeness (QED) is 0.768. The normalized spacial score (nSPS) is 18.5. The molecule has 0 amide bonds. The number of hydrogen-bond donors (Lipinski definition) is 2. The van der Waals surface area contributed by atoms with Gasteiger partial charge in [0, 0.05) is 17.5 Å². The van der Waals surface area contributed by atoms with Crippen LogP contribution in [0.2, 0.25) is 0 Å². The van der Waals surface area contributed by atoms with E-state index >= 15 is 0 Å². The van der Waals surface area contributed by atoms with E-state index in [9.17, 15) is 0 Å². The summed E-state index contributed by atoms with van der Waals surface area (Å²) in [5, 5.41) is 5.77. The molecular weight excluding hydrogens is 204 g/mol. The predicted molar refractivity (Wildman–Crippen MR) is 66.1 cm³/mol. The van der Waals surface area contributed by atoms with Gasteiger partial charge < -0.3 is 11.1 Å². The molecule has 1 aliphatic carbocycles. The van der Waals surface area contributed by atoms with Crippen molar-refractivity contribution in [1.29, 1.82) is 0 Å². The van der Waals surface area contributed by atoms with Crippen molar-refractivity contribution in [3.05, 3.63) is 34.0 Å². The number of thiophene rings is 1. The molecule has 0 bridgehead atoms. The van der Waals surface area contributed by atoms with E-state index in [1.54, 1.807) is 11.3 Å². The van der Waals surface area contributed by atoms with Gasteiger partial charge >= 0.3 is 0 Å². The summed E-state index contributed by atoms with van der Waals surface area (Å²) < 4.78 is 0. The Hall–Kier alpha value is -0.640. The van der Waals surface area contributed by atoms with Crippen molar-refractivity contribution >= 4 is 11.3 Å². The van der Waals surface area contributed by atoms with E-state index in [2.05, 4.69) is 35.8 Å². The largest absolute Gasteiger partial charge is 0.329 e. The van der Waals surface area contributed by atoms with Gasteiger partial charge in [0.2, 0.25) is 0 Å². The highest BCUT2D eigenvalue weighted by Crippen LogP contribution is 2.25. The third kappa shape index (κ3) is 2.48. The van der Waals surface area contributed by atoms with Gasteiger partial charge in [-0.15, -0.1) is 11.3 Å². The van der Waals surface area contributed by atoms with Crippen LogP contribution in [0.3, 0.4) is 0 Å². The van der Waals surface area contributed by atoms with E-state index in [0.717, 1.165) is 12.8 Å². The monoisotopic (exact) mass is 222 g/mol. The molecule has 0 aromatic carbocycles. The van der Waals surface area contributed by atoms with Crippen LogP contribution in [0.4, 0.5) is 0 Å². The van der Waals surface area contributed by atoms with Crippen LogP contribution in [0.1, 0.15) is 29.3 Å². The molecule has 0 aliphatic heterocycles. The molecule has 1 unspecified atom stereocenters. The molecule has 1 atom stereocenters. The minimum Gasteiger partial charge on any atom is -0.329 e. The third-order valence-electron chi connectivity index (χ3n) is 2.90. The van der Waals surface area contributed by atoms with Crippen molar-refractivity contribution in [2.45, 2.75) is 31.8 Å².